The molecular formula is C21H27ClN2O3S. The van der Waals surface area contributed by atoms with E-state index in [-0.39, 0.29) is 16.7 Å². The van der Waals surface area contributed by atoms with Gasteiger partial charge in [-0.25, -0.2) is 13.1 Å². The van der Waals surface area contributed by atoms with E-state index >= 15 is 0 Å². The molecule has 0 aromatic heterocycles. The molecular weight excluding hydrogens is 396 g/mol. The van der Waals surface area contributed by atoms with Crippen LogP contribution in [0.1, 0.15) is 38.3 Å². The van der Waals surface area contributed by atoms with Gasteiger partial charge in [0.25, 0.3) is 0 Å². The molecule has 0 bridgehead atoms. The first kappa shape index (κ1) is 21.0. The minimum atomic E-state index is -3.78. The summed E-state index contributed by atoms with van der Waals surface area (Å²) >= 11 is 5.98. The Balaban J connectivity index is 1.74. The van der Waals surface area contributed by atoms with E-state index in [0.717, 1.165) is 24.6 Å². The van der Waals surface area contributed by atoms with Gasteiger partial charge in [-0.15, -0.1) is 0 Å². The SMILES string of the molecule is COc1ccc(Cl)cc1S(=O)(=O)N[C@@H](C)c1ccc(N2CCC(C)CC2)cc1. The molecule has 0 unspecified atom stereocenters. The normalized spacial score (nSPS) is 16.8. The van der Waals surface area contributed by atoms with Crippen molar-refractivity contribution in [3.63, 3.8) is 0 Å². The van der Waals surface area contributed by atoms with Crippen LogP contribution >= 0.6 is 11.6 Å². The van der Waals surface area contributed by atoms with Gasteiger partial charge >= 0.3 is 0 Å². The Morgan fingerprint density at radius 2 is 1.79 bits per heavy atom. The molecule has 152 valence electrons. The molecule has 1 saturated heterocycles. The standard InChI is InChI=1S/C21H27ClN2O3S/c1-15-10-12-24(13-11-15)19-7-4-17(5-8-19)16(2)23-28(25,26)21-14-18(22)6-9-20(21)27-3/h4-9,14-16,23H,10-13H2,1-3H3/t16-/m0/s1. The molecule has 1 aliphatic heterocycles. The molecule has 0 radical (unpaired) electrons. The van der Waals surface area contributed by atoms with E-state index in [4.69, 9.17) is 16.3 Å². The van der Waals surface area contributed by atoms with E-state index < -0.39 is 10.0 Å². The number of rotatable bonds is 6. The number of benzene rings is 2. The highest BCUT2D eigenvalue weighted by Gasteiger charge is 2.23. The third-order valence-electron chi connectivity index (χ3n) is 5.29. The Morgan fingerprint density at radius 3 is 2.39 bits per heavy atom. The average Bonchev–Trinajstić information content (AvgIpc) is 2.68. The van der Waals surface area contributed by atoms with E-state index in [1.54, 1.807) is 12.1 Å². The molecule has 3 rings (SSSR count). The van der Waals surface area contributed by atoms with Crippen molar-refractivity contribution in [2.24, 2.45) is 5.92 Å². The number of ether oxygens (including phenoxy) is 1. The molecule has 7 heteroatoms. The summed E-state index contributed by atoms with van der Waals surface area (Å²) in [6, 6.07) is 12.3. The number of halogens is 1. The van der Waals surface area contributed by atoms with E-state index in [1.807, 2.05) is 19.1 Å². The first-order valence-electron chi connectivity index (χ1n) is 9.51. The third-order valence-corrected chi connectivity index (χ3v) is 7.09. The van der Waals surface area contributed by atoms with Crippen molar-refractivity contribution >= 4 is 27.3 Å². The van der Waals surface area contributed by atoms with Gasteiger partial charge in [-0.3, -0.25) is 0 Å². The Bertz CT molecular complexity index is 908. The predicted octanol–water partition coefficient (Wildman–Crippen LogP) is 4.62. The summed E-state index contributed by atoms with van der Waals surface area (Å²) in [7, 11) is -2.34. The first-order valence-corrected chi connectivity index (χ1v) is 11.4. The number of hydrogen-bond donors (Lipinski definition) is 1. The zero-order valence-corrected chi connectivity index (χ0v) is 18.1. The molecule has 0 amide bonds. The maximum atomic E-state index is 12.8. The van der Waals surface area contributed by atoms with Gasteiger partial charge in [-0.2, -0.15) is 0 Å². The Morgan fingerprint density at radius 1 is 1.14 bits per heavy atom. The lowest BCUT2D eigenvalue weighted by atomic mass is 9.98. The quantitative estimate of drug-likeness (QED) is 0.737. The molecule has 1 heterocycles. The topological polar surface area (TPSA) is 58.6 Å². The molecule has 1 N–H and O–H groups in total. The molecule has 0 saturated carbocycles. The molecule has 5 nitrogen and oxygen atoms in total. The molecule has 2 aromatic rings. The number of piperidine rings is 1. The summed E-state index contributed by atoms with van der Waals surface area (Å²) in [5.41, 5.74) is 2.08. The average molecular weight is 423 g/mol. The van der Waals surface area contributed by atoms with Gasteiger partial charge in [-0.05, 0) is 61.6 Å². The predicted molar refractivity (Wildman–Crippen MR) is 114 cm³/mol. The van der Waals surface area contributed by atoms with E-state index in [0.29, 0.717) is 5.02 Å². The number of sulfonamides is 1. The zero-order chi connectivity index (χ0) is 20.3. The van der Waals surface area contributed by atoms with Crippen molar-refractivity contribution < 1.29 is 13.2 Å². The highest BCUT2D eigenvalue weighted by atomic mass is 35.5. The number of nitrogens with one attached hydrogen (secondary N) is 1. The Kier molecular flexibility index (Phi) is 6.53. The lowest BCUT2D eigenvalue weighted by Crippen LogP contribution is -2.32. The van der Waals surface area contributed by atoms with Gasteiger partial charge in [0.2, 0.25) is 10.0 Å². The first-order chi connectivity index (χ1) is 13.3. The largest absolute Gasteiger partial charge is 0.495 e. The van der Waals surface area contributed by atoms with Crippen LogP contribution in [0, 0.1) is 5.92 Å². The van der Waals surface area contributed by atoms with Crippen LogP contribution < -0.4 is 14.4 Å². The van der Waals surface area contributed by atoms with Crippen LogP contribution in [0.5, 0.6) is 5.75 Å². The van der Waals surface area contributed by atoms with Gasteiger partial charge in [0, 0.05) is 29.8 Å². The zero-order valence-electron chi connectivity index (χ0n) is 16.5. The monoisotopic (exact) mass is 422 g/mol. The van der Waals surface area contributed by atoms with Crippen LogP contribution in [0.2, 0.25) is 5.02 Å². The molecule has 1 aliphatic rings. The van der Waals surface area contributed by atoms with Crippen molar-refractivity contribution in [3.05, 3.63) is 53.1 Å². The van der Waals surface area contributed by atoms with Crippen molar-refractivity contribution in [3.8, 4) is 5.75 Å². The van der Waals surface area contributed by atoms with Crippen LogP contribution in [0.4, 0.5) is 5.69 Å². The number of methoxy groups -OCH3 is 1. The van der Waals surface area contributed by atoms with Crippen molar-refractivity contribution in [1.82, 2.24) is 4.72 Å². The summed E-state index contributed by atoms with van der Waals surface area (Å²) in [4.78, 5) is 2.42. The number of nitrogens with zero attached hydrogens (tertiary/aromatic N) is 1. The van der Waals surface area contributed by atoms with Crippen LogP contribution in [0.15, 0.2) is 47.4 Å². The summed E-state index contributed by atoms with van der Waals surface area (Å²) in [5, 5.41) is 0.342. The highest BCUT2D eigenvalue weighted by molar-refractivity contribution is 7.89. The molecule has 28 heavy (non-hydrogen) atoms. The van der Waals surface area contributed by atoms with Gasteiger partial charge in [0.05, 0.1) is 7.11 Å². The lowest BCUT2D eigenvalue weighted by Gasteiger charge is -2.32. The maximum Gasteiger partial charge on any atom is 0.244 e. The molecule has 0 aliphatic carbocycles. The van der Waals surface area contributed by atoms with Crippen LogP contribution in [0.3, 0.4) is 0 Å². The fourth-order valence-electron chi connectivity index (χ4n) is 3.47. The van der Waals surface area contributed by atoms with Gasteiger partial charge < -0.3 is 9.64 Å². The minimum absolute atomic E-state index is 0.0356. The van der Waals surface area contributed by atoms with Gasteiger partial charge in [0.15, 0.2) is 0 Å². The lowest BCUT2D eigenvalue weighted by molar-refractivity contribution is 0.402. The summed E-state index contributed by atoms with van der Waals surface area (Å²) in [6.07, 6.45) is 2.42. The van der Waals surface area contributed by atoms with Crippen LogP contribution in [-0.4, -0.2) is 28.6 Å². The van der Waals surface area contributed by atoms with Gasteiger partial charge in [-0.1, -0.05) is 30.7 Å². The maximum absolute atomic E-state index is 12.8. The molecule has 1 fully saturated rings. The van der Waals surface area contributed by atoms with E-state index in [9.17, 15) is 8.42 Å². The highest BCUT2D eigenvalue weighted by Crippen LogP contribution is 2.29. The second-order valence-electron chi connectivity index (χ2n) is 7.40. The fourth-order valence-corrected chi connectivity index (χ4v) is 5.13. The molecule has 0 spiro atoms. The summed E-state index contributed by atoms with van der Waals surface area (Å²) in [6.45, 7) is 6.25. The van der Waals surface area contributed by atoms with Crippen LogP contribution in [-0.2, 0) is 10.0 Å². The Hall–Kier alpha value is -1.76. The second kappa shape index (κ2) is 8.72. The minimum Gasteiger partial charge on any atom is -0.495 e. The smallest absolute Gasteiger partial charge is 0.244 e. The van der Waals surface area contributed by atoms with Crippen molar-refractivity contribution in [2.75, 3.05) is 25.1 Å². The third kappa shape index (κ3) is 4.80. The summed E-state index contributed by atoms with van der Waals surface area (Å²) < 4.78 is 33.6. The molecule has 2 aromatic carbocycles. The van der Waals surface area contributed by atoms with Crippen molar-refractivity contribution in [1.29, 1.82) is 0 Å². The second-order valence-corrected chi connectivity index (χ2v) is 9.52. The van der Waals surface area contributed by atoms with Crippen molar-refractivity contribution in [2.45, 2.75) is 37.6 Å². The van der Waals surface area contributed by atoms with E-state index in [1.165, 1.54) is 31.7 Å². The number of hydrogen-bond acceptors (Lipinski definition) is 4. The van der Waals surface area contributed by atoms with Crippen LogP contribution in [0.25, 0.3) is 0 Å². The molecule has 1 atom stereocenters. The Labute approximate surface area is 172 Å². The fraction of sp³-hybridized carbons (Fsp3) is 0.429. The summed E-state index contributed by atoms with van der Waals surface area (Å²) in [5.74, 6) is 1.05. The van der Waals surface area contributed by atoms with E-state index in [2.05, 4.69) is 28.7 Å². The van der Waals surface area contributed by atoms with Gasteiger partial charge in [0.1, 0.15) is 10.6 Å². The number of anilines is 1.